The fraction of sp³-hybridized carbons (Fsp3) is 0.848. The van der Waals surface area contributed by atoms with E-state index in [0.29, 0.717) is 18.8 Å². The molecular formula is C33H55ClO6. The molecule has 7 heteroatoms. The van der Waals surface area contributed by atoms with Crippen molar-refractivity contribution in [2.24, 2.45) is 17.3 Å². The van der Waals surface area contributed by atoms with Crippen molar-refractivity contribution >= 4 is 17.6 Å². The second-order valence-electron chi connectivity index (χ2n) is 12.5. The highest BCUT2D eigenvalue weighted by atomic mass is 35.5. The Bertz CT molecular complexity index is 771. The van der Waals surface area contributed by atoms with E-state index in [1.807, 2.05) is 0 Å². The predicted molar refractivity (Wildman–Crippen MR) is 160 cm³/mol. The van der Waals surface area contributed by atoms with Crippen LogP contribution in [0.15, 0.2) is 24.3 Å². The predicted octanol–water partition coefficient (Wildman–Crippen LogP) is 8.12. The summed E-state index contributed by atoms with van der Waals surface area (Å²) in [6.45, 7) is 8.43. The van der Waals surface area contributed by atoms with Crippen LogP contribution in [0.25, 0.3) is 0 Å². The van der Waals surface area contributed by atoms with Crippen molar-refractivity contribution < 1.29 is 28.5 Å². The van der Waals surface area contributed by atoms with Gasteiger partial charge in [-0.25, -0.2) is 0 Å². The minimum atomic E-state index is -0.173. The van der Waals surface area contributed by atoms with Gasteiger partial charge in [-0.15, -0.1) is 11.6 Å². The van der Waals surface area contributed by atoms with Crippen molar-refractivity contribution in [2.75, 3.05) is 20.3 Å². The summed E-state index contributed by atoms with van der Waals surface area (Å²) in [5.74, 6) is 0.313. The Morgan fingerprint density at radius 2 is 1.75 bits per heavy atom. The fourth-order valence-corrected chi connectivity index (χ4v) is 6.64. The number of halogens is 1. The molecule has 230 valence electrons. The lowest BCUT2D eigenvalue weighted by Gasteiger charge is -2.36. The third kappa shape index (κ3) is 11.1. The molecular weight excluding hydrogens is 528 g/mol. The van der Waals surface area contributed by atoms with E-state index in [2.05, 4.69) is 45.1 Å². The number of ether oxygens (including phenoxy) is 5. The van der Waals surface area contributed by atoms with Gasteiger partial charge in [0.15, 0.2) is 12.6 Å². The van der Waals surface area contributed by atoms with Gasteiger partial charge in [0.2, 0.25) is 0 Å². The number of rotatable bonds is 16. The van der Waals surface area contributed by atoms with E-state index in [1.165, 1.54) is 20.0 Å². The molecule has 0 bridgehead atoms. The lowest BCUT2D eigenvalue weighted by Crippen LogP contribution is -2.37. The number of hydrogen-bond acceptors (Lipinski definition) is 6. The van der Waals surface area contributed by atoms with Gasteiger partial charge >= 0.3 is 5.97 Å². The number of esters is 1. The molecule has 0 radical (unpaired) electrons. The number of allylic oxidation sites excluding steroid dienone is 2. The van der Waals surface area contributed by atoms with Gasteiger partial charge < -0.3 is 23.7 Å². The van der Waals surface area contributed by atoms with Gasteiger partial charge in [-0.3, -0.25) is 4.79 Å². The van der Waals surface area contributed by atoms with Gasteiger partial charge in [-0.1, -0.05) is 57.9 Å². The summed E-state index contributed by atoms with van der Waals surface area (Å²) in [4.78, 5) is 11.4. The van der Waals surface area contributed by atoms with Crippen LogP contribution in [-0.4, -0.2) is 56.5 Å². The molecule has 2 unspecified atom stereocenters. The number of methoxy groups -OCH3 is 1. The maximum absolute atomic E-state index is 11.4. The van der Waals surface area contributed by atoms with Crippen molar-refractivity contribution in [2.45, 2.75) is 141 Å². The van der Waals surface area contributed by atoms with Gasteiger partial charge in [-0.2, -0.15) is 0 Å². The number of unbranched alkanes of at least 4 members (excludes halogenated alkanes) is 1. The van der Waals surface area contributed by atoms with E-state index >= 15 is 0 Å². The van der Waals surface area contributed by atoms with E-state index in [0.717, 1.165) is 77.4 Å². The Hall–Kier alpha value is -0.920. The molecule has 2 saturated heterocycles. The number of hydrogen-bond donors (Lipinski definition) is 0. The van der Waals surface area contributed by atoms with Gasteiger partial charge in [0.05, 0.1) is 19.3 Å². The molecule has 3 rings (SSSR count). The van der Waals surface area contributed by atoms with Crippen molar-refractivity contribution in [3.8, 4) is 0 Å². The van der Waals surface area contributed by atoms with Crippen LogP contribution in [0, 0.1) is 17.3 Å². The van der Waals surface area contributed by atoms with E-state index in [9.17, 15) is 4.79 Å². The molecule has 40 heavy (non-hydrogen) atoms. The summed E-state index contributed by atoms with van der Waals surface area (Å²) < 4.78 is 29.9. The minimum absolute atomic E-state index is 0.00695. The van der Waals surface area contributed by atoms with Crippen LogP contribution in [0.4, 0.5) is 0 Å². The molecule has 0 aromatic rings. The van der Waals surface area contributed by atoms with Crippen LogP contribution < -0.4 is 0 Å². The summed E-state index contributed by atoms with van der Waals surface area (Å²) in [6.07, 6.45) is 22.3. The first-order valence-electron chi connectivity index (χ1n) is 15.9. The molecule has 6 nitrogen and oxygen atoms in total. The first-order chi connectivity index (χ1) is 19.3. The molecule has 3 fully saturated rings. The van der Waals surface area contributed by atoms with Crippen LogP contribution in [0.1, 0.15) is 111 Å². The Morgan fingerprint density at radius 3 is 2.40 bits per heavy atom. The first-order valence-corrected chi connectivity index (χ1v) is 16.4. The summed E-state index contributed by atoms with van der Waals surface area (Å²) in [6, 6.07) is 0. The number of carbonyl (C=O) groups excluding carboxylic acids is 1. The molecule has 7 atom stereocenters. The van der Waals surface area contributed by atoms with E-state index in [4.69, 9.17) is 35.3 Å². The summed E-state index contributed by atoms with van der Waals surface area (Å²) in [7, 11) is 1.43. The maximum atomic E-state index is 11.4. The van der Waals surface area contributed by atoms with E-state index in [1.54, 1.807) is 0 Å². The van der Waals surface area contributed by atoms with Gasteiger partial charge in [0, 0.05) is 30.9 Å². The lowest BCUT2D eigenvalue weighted by atomic mass is 9.80. The van der Waals surface area contributed by atoms with Gasteiger partial charge in [0.1, 0.15) is 0 Å². The monoisotopic (exact) mass is 582 g/mol. The van der Waals surface area contributed by atoms with Crippen molar-refractivity contribution in [1.82, 2.24) is 0 Å². The zero-order valence-corrected chi connectivity index (χ0v) is 26.2. The fourth-order valence-electron chi connectivity index (χ4n) is 6.17. The molecule has 0 aromatic heterocycles. The molecule has 0 spiro atoms. The largest absolute Gasteiger partial charge is 0.469 e. The van der Waals surface area contributed by atoms with E-state index in [-0.39, 0.29) is 47.5 Å². The average molecular weight is 583 g/mol. The van der Waals surface area contributed by atoms with Crippen LogP contribution in [0.3, 0.4) is 0 Å². The molecule has 1 aliphatic carbocycles. The van der Waals surface area contributed by atoms with Crippen molar-refractivity contribution in [1.29, 1.82) is 0 Å². The standard InChI is InChI=1S/C33H55ClO6/c1-5-6-21-33(2,3)29(40-32-18-12-14-23-38-32)20-19-26-25(15-9-7-8-10-16-30(35)36-4)27(34)24-28(26)39-31-17-11-13-22-37-31/h7-8,19-20,25-29,31-32H,5-6,9-18,21-24H2,1-4H3/b8-7-,20-19+/t25-,26-,27-,28-,29-,31?,32?/m1/s1. The highest BCUT2D eigenvalue weighted by Crippen LogP contribution is 2.43. The molecule has 0 aromatic carbocycles. The van der Waals surface area contributed by atoms with E-state index < -0.39 is 0 Å². The highest BCUT2D eigenvalue weighted by molar-refractivity contribution is 6.21. The first kappa shape index (κ1) is 33.6. The zero-order valence-electron chi connectivity index (χ0n) is 25.5. The Labute approximate surface area is 248 Å². The van der Waals surface area contributed by atoms with Gasteiger partial charge in [-0.05, 0) is 82.0 Å². The third-order valence-electron chi connectivity index (χ3n) is 8.78. The molecule has 3 aliphatic rings. The second kappa shape index (κ2) is 17.9. The Morgan fingerprint density at radius 1 is 1.05 bits per heavy atom. The normalized spacial score (nSPS) is 30.7. The third-order valence-corrected chi connectivity index (χ3v) is 9.28. The molecule has 2 aliphatic heterocycles. The van der Waals surface area contributed by atoms with Crippen LogP contribution in [0.5, 0.6) is 0 Å². The lowest BCUT2D eigenvalue weighted by molar-refractivity contribution is -0.198. The topological polar surface area (TPSA) is 63.2 Å². The zero-order chi connectivity index (χ0) is 28.8. The van der Waals surface area contributed by atoms with Crippen LogP contribution in [-0.2, 0) is 28.5 Å². The molecule has 1 saturated carbocycles. The van der Waals surface area contributed by atoms with Crippen LogP contribution >= 0.6 is 11.6 Å². The summed E-state index contributed by atoms with van der Waals surface area (Å²) in [5, 5.41) is 0.0425. The van der Waals surface area contributed by atoms with Crippen molar-refractivity contribution in [3.05, 3.63) is 24.3 Å². The SMILES string of the molecule is CCCCC(C)(C)[C@@H](/C=C/[C@@H]1[C@@H](CC/C=C\CCC(=O)OC)[C@H](Cl)C[C@H]1OC1CCCCO1)OC1CCCCO1. The Balaban J connectivity index is 1.73. The van der Waals surface area contributed by atoms with Crippen LogP contribution in [0.2, 0.25) is 0 Å². The second-order valence-corrected chi connectivity index (χ2v) is 13.0. The Kier molecular flexibility index (Phi) is 15.0. The average Bonchev–Trinajstić information content (AvgIpc) is 3.25. The highest BCUT2D eigenvalue weighted by Gasteiger charge is 2.43. The number of alkyl halides is 1. The quantitative estimate of drug-likeness (QED) is 0.104. The summed E-state index contributed by atoms with van der Waals surface area (Å²) in [5.41, 5.74) is -0.00695. The molecule has 0 N–H and O–H groups in total. The molecule has 0 amide bonds. The minimum Gasteiger partial charge on any atom is -0.469 e. The molecule has 2 heterocycles. The van der Waals surface area contributed by atoms with Crippen molar-refractivity contribution in [3.63, 3.8) is 0 Å². The maximum Gasteiger partial charge on any atom is 0.305 e. The smallest absolute Gasteiger partial charge is 0.305 e. The number of carbonyl (C=O) groups is 1. The summed E-state index contributed by atoms with van der Waals surface area (Å²) >= 11 is 7.02. The van der Waals surface area contributed by atoms with Gasteiger partial charge in [0.25, 0.3) is 0 Å².